The summed E-state index contributed by atoms with van der Waals surface area (Å²) >= 11 is 0. The van der Waals surface area contributed by atoms with Gasteiger partial charge in [-0.2, -0.15) is 0 Å². The van der Waals surface area contributed by atoms with Crippen molar-refractivity contribution in [1.82, 2.24) is 4.90 Å². The molecule has 0 spiro atoms. The number of aryl methyl sites for hydroxylation is 1. The Morgan fingerprint density at radius 1 is 1.23 bits per heavy atom. The topological polar surface area (TPSA) is 136 Å². The normalized spacial score (nSPS) is 27.2. The predicted molar refractivity (Wildman–Crippen MR) is 107 cm³/mol. The monoisotopic (exact) mass is 429 g/mol. The number of amides is 3. The smallest absolute Gasteiger partial charge is 0.329 e. The highest BCUT2D eigenvalue weighted by Gasteiger charge is 2.62. The van der Waals surface area contributed by atoms with E-state index in [9.17, 15) is 29.3 Å². The molecule has 1 aliphatic heterocycles. The molecule has 10 heteroatoms. The van der Waals surface area contributed by atoms with Gasteiger partial charge in [-0.1, -0.05) is 6.07 Å². The van der Waals surface area contributed by atoms with Crippen LogP contribution in [0.15, 0.2) is 18.2 Å². The SMILES string of the molecule is Cc1ccc(NC(=O)COC(=O)[C@H](C)N2C(=O)[C@H]3[C@H]4CC[C@@H](C4)[C@@H]3C2=O)cc1[N+](=O)[O-]. The summed E-state index contributed by atoms with van der Waals surface area (Å²) in [6, 6.07) is 3.10. The van der Waals surface area contributed by atoms with Gasteiger partial charge in [0.05, 0.1) is 16.8 Å². The summed E-state index contributed by atoms with van der Waals surface area (Å²) in [5, 5.41) is 13.4. The minimum Gasteiger partial charge on any atom is -0.454 e. The number of imide groups is 1. The van der Waals surface area contributed by atoms with Crippen molar-refractivity contribution in [3.63, 3.8) is 0 Å². The third-order valence-electron chi connectivity index (χ3n) is 6.73. The summed E-state index contributed by atoms with van der Waals surface area (Å²) in [7, 11) is 0. The third-order valence-corrected chi connectivity index (χ3v) is 6.73. The van der Waals surface area contributed by atoms with Crippen molar-refractivity contribution in [3.05, 3.63) is 33.9 Å². The highest BCUT2D eigenvalue weighted by atomic mass is 16.6. The van der Waals surface area contributed by atoms with Crippen molar-refractivity contribution in [2.75, 3.05) is 11.9 Å². The minimum atomic E-state index is -1.11. The standard InChI is InChI=1S/C21H23N3O7/c1-10-3-6-14(8-15(10)24(29)30)22-16(25)9-31-21(28)11(2)23-19(26)17-12-4-5-13(7-12)18(17)20(23)27/h3,6,8,11-13,17-18H,4-5,7,9H2,1-2H3,(H,22,25)/t11-,12-,13-,17-,18-/m0/s1. The predicted octanol–water partition coefficient (Wildman–Crippen LogP) is 1.80. The Balaban J connectivity index is 1.34. The molecule has 3 amide bonds. The van der Waals surface area contributed by atoms with Gasteiger partial charge in [0.25, 0.3) is 11.6 Å². The Morgan fingerprint density at radius 2 is 1.84 bits per heavy atom. The van der Waals surface area contributed by atoms with E-state index in [4.69, 9.17) is 4.74 Å². The van der Waals surface area contributed by atoms with Crippen molar-refractivity contribution in [3.8, 4) is 0 Å². The molecule has 2 aliphatic carbocycles. The first-order valence-corrected chi connectivity index (χ1v) is 10.3. The zero-order valence-electron chi connectivity index (χ0n) is 17.2. The van der Waals surface area contributed by atoms with E-state index in [0.717, 1.165) is 24.2 Å². The van der Waals surface area contributed by atoms with Crippen LogP contribution in [0.2, 0.25) is 0 Å². The molecule has 3 fully saturated rings. The van der Waals surface area contributed by atoms with E-state index in [2.05, 4.69) is 5.32 Å². The van der Waals surface area contributed by atoms with Gasteiger partial charge in [0.1, 0.15) is 6.04 Å². The molecule has 3 aliphatic rings. The summed E-state index contributed by atoms with van der Waals surface area (Å²) < 4.78 is 5.01. The number of nitrogens with one attached hydrogen (secondary N) is 1. The Kier molecular flexibility index (Phi) is 5.24. The van der Waals surface area contributed by atoms with E-state index in [1.807, 2.05) is 0 Å². The van der Waals surface area contributed by atoms with Gasteiger partial charge in [0, 0.05) is 17.3 Å². The van der Waals surface area contributed by atoms with Crippen LogP contribution in [0, 0.1) is 40.7 Å². The van der Waals surface area contributed by atoms with E-state index in [-0.39, 0.29) is 46.9 Å². The van der Waals surface area contributed by atoms with Gasteiger partial charge in [0.15, 0.2) is 6.61 Å². The molecule has 1 aromatic carbocycles. The van der Waals surface area contributed by atoms with Gasteiger partial charge in [-0.25, -0.2) is 4.79 Å². The maximum atomic E-state index is 12.8. The molecule has 31 heavy (non-hydrogen) atoms. The molecular weight excluding hydrogens is 406 g/mol. The zero-order valence-corrected chi connectivity index (χ0v) is 17.2. The van der Waals surface area contributed by atoms with Gasteiger partial charge in [-0.3, -0.25) is 29.4 Å². The Labute approximate surface area is 178 Å². The van der Waals surface area contributed by atoms with Crippen LogP contribution in [0.5, 0.6) is 0 Å². The second-order valence-electron chi connectivity index (χ2n) is 8.52. The number of rotatable bonds is 6. The highest BCUT2D eigenvalue weighted by molar-refractivity contribution is 6.08. The van der Waals surface area contributed by atoms with Crippen molar-refractivity contribution in [2.45, 2.75) is 39.2 Å². The number of carbonyl (C=O) groups is 4. The Bertz CT molecular complexity index is 963. The number of nitrogens with zero attached hydrogens (tertiary/aromatic N) is 2. The molecule has 0 aromatic heterocycles. The van der Waals surface area contributed by atoms with Crippen LogP contribution in [0.4, 0.5) is 11.4 Å². The Hall–Kier alpha value is -3.30. The second-order valence-corrected chi connectivity index (χ2v) is 8.52. The molecule has 1 N–H and O–H groups in total. The molecule has 10 nitrogen and oxygen atoms in total. The molecule has 164 valence electrons. The molecule has 1 aromatic rings. The van der Waals surface area contributed by atoms with Gasteiger partial charge in [-0.05, 0) is 51.0 Å². The molecule has 1 saturated heterocycles. The van der Waals surface area contributed by atoms with Crippen molar-refractivity contribution >= 4 is 35.1 Å². The first-order chi connectivity index (χ1) is 14.7. The van der Waals surface area contributed by atoms with Crippen molar-refractivity contribution in [1.29, 1.82) is 0 Å². The van der Waals surface area contributed by atoms with Gasteiger partial charge in [-0.15, -0.1) is 0 Å². The number of likely N-dealkylation sites (tertiary alicyclic amines) is 1. The van der Waals surface area contributed by atoms with Crippen LogP contribution in [-0.4, -0.2) is 46.2 Å². The number of benzene rings is 1. The first-order valence-electron chi connectivity index (χ1n) is 10.3. The molecule has 2 saturated carbocycles. The number of nitro benzene ring substituents is 1. The van der Waals surface area contributed by atoms with Gasteiger partial charge < -0.3 is 10.1 Å². The van der Waals surface area contributed by atoms with E-state index in [1.165, 1.54) is 25.1 Å². The lowest BCUT2D eigenvalue weighted by molar-refractivity contribution is -0.385. The number of hydrogen-bond acceptors (Lipinski definition) is 7. The van der Waals surface area contributed by atoms with Crippen LogP contribution in [-0.2, 0) is 23.9 Å². The van der Waals surface area contributed by atoms with Gasteiger partial charge >= 0.3 is 5.97 Å². The number of hydrogen-bond donors (Lipinski definition) is 1. The van der Waals surface area contributed by atoms with E-state index >= 15 is 0 Å². The fourth-order valence-corrected chi connectivity index (χ4v) is 5.26. The molecular formula is C21H23N3O7. The minimum absolute atomic E-state index is 0.144. The summed E-state index contributed by atoms with van der Waals surface area (Å²) in [4.78, 5) is 61.6. The number of carbonyl (C=O) groups excluding carboxylic acids is 4. The lowest BCUT2D eigenvalue weighted by Gasteiger charge is -2.23. The number of fused-ring (bicyclic) bond motifs is 5. The summed E-state index contributed by atoms with van der Waals surface area (Å²) in [6.07, 6.45) is 2.78. The third kappa shape index (κ3) is 3.55. The first kappa shape index (κ1) is 21.0. The van der Waals surface area contributed by atoms with E-state index in [1.54, 1.807) is 6.92 Å². The quantitative estimate of drug-likeness (QED) is 0.315. The summed E-state index contributed by atoms with van der Waals surface area (Å²) in [5.41, 5.74) is 0.495. The molecule has 1 heterocycles. The van der Waals surface area contributed by atoms with Crippen LogP contribution in [0.25, 0.3) is 0 Å². The van der Waals surface area contributed by atoms with Gasteiger partial charge in [0.2, 0.25) is 11.8 Å². The maximum Gasteiger partial charge on any atom is 0.329 e. The maximum absolute atomic E-state index is 12.8. The van der Waals surface area contributed by atoms with Crippen molar-refractivity contribution < 1.29 is 28.8 Å². The highest BCUT2D eigenvalue weighted by Crippen LogP contribution is 2.56. The van der Waals surface area contributed by atoms with Crippen LogP contribution < -0.4 is 5.32 Å². The molecule has 4 rings (SSSR count). The largest absolute Gasteiger partial charge is 0.454 e. The summed E-state index contributed by atoms with van der Waals surface area (Å²) in [5.74, 6) is -2.41. The van der Waals surface area contributed by atoms with Crippen molar-refractivity contribution in [2.24, 2.45) is 23.7 Å². The Morgan fingerprint density at radius 3 is 2.42 bits per heavy atom. The lowest BCUT2D eigenvalue weighted by atomic mass is 9.81. The van der Waals surface area contributed by atoms with E-state index in [0.29, 0.717) is 5.56 Å². The second kappa shape index (κ2) is 7.75. The number of ether oxygens (including phenoxy) is 1. The summed E-state index contributed by atoms with van der Waals surface area (Å²) in [6.45, 7) is 2.36. The fourth-order valence-electron chi connectivity index (χ4n) is 5.26. The number of nitro groups is 1. The van der Waals surface area contributed by atoms with Crippen LogP contribution in [0.1, 0.15) is 31.7 Å². The molecule has 0 radical (unpaired) electrons. The molecule has 0 unspecified atom stereocenters. The lowest BCUT2D eigenvalue weighted by Crippen LogP contribution is -2.45. The van der Waals surface area contributed by atoms with Crippen LogP contribution >= 0.6 is 0 Å². The molecule has 2 bridgehead atoms. The molecule has 5 atom stereocenters. The van der Waals surface area contributed by atoms with E-state index < -0.39 is 29.4 Å². The zero-order chi connectivity index (χ0) is 22.4. The average Bonchev–Trinajstić information content (AvgIpc) is 3.40. The fraction of sp³-hybridized carbons (Fsp3) is 0.524. The number of esters is 1. The number of anilines is 1. The average molecular weight is 429 g/mol. The van der Waals surface area contributed by atoms with Crippen LogP contribution in [0.3, 0.4) is 0 Å².